The summed E-state index contributed by atoms with van der Waals surface area (Å²) in [5, 5.41) is 0. The first-order valence-corrected chi connectivity index (χ1v) is 6.06. The van der Waals surface area contributed by atoms with Crippen LogP contribution < -0.4 is 11.2 Å². The molecule has 6 nitrogen and oxygen atoms in total. The van der Waals surface area contributed by atoms with Crippen molar-refractivity contribution in [1.29, 1.82) is 0 Å². The summed E-state index contributed by atoms with van der Waals surface area (Å²) >= 11 is 0. The number of unbranched alkanes of at least 4 members (excludes halogenated alkanes) is 1. The fourth-order valence-electron chi connectivity index (χ4n) is 1.45. The van der Waals surface area contributed by atoms with Gasteiger partial charge in [0.2, 0.25) is 0 Å². The Morgan fingerprint density at radius 1 is 1.33 bits per heavy atom. The van der Waals surface area contributed by atoms with E-state index in [0.29, 0.717) is 13.2 Å². The molecule has 0 aliphatic carbocycles. The minimum absolute atomic E-state index is 0.318. The van der Waals surface area contributed by atoms with Crippen LogP contribution in [0.4, 0.5) is 0 Å². The van der Waals surface area contributed by atoms with Crippen molar-refractivity contribution in [1.82, 2.24) is 9.13 Å². The van der Waals surface area contributed by atoms with Gasteiger partial charge in [-0.1, -0.05) is 13.3 Å². The molecular weight excluding hydrogens is 236 g/mol. The number of nitrogens with zero attached hydrogens (tertiary/aromatic N) is 2. The van der Waals surface area contributed by atoms with E-state index in [1.165, 1.54) is 16.8 Å². The van der Waals surface area contributed by atoms with Crippen molar-refractivity contribution in [2.75, 3.05) is 6.61 Å². The molecule has 0 radical (unpaired) electrons. The Morgan fingerprint density at radius 2 is 2.06 bits per heavy atom. The highest BCUT2D eigenvalue weighted by atomic mass is 16.5. The third-order valence-corrected chi connectivity index (χ3v) is 2.53. The summed E-state index contributed by atoms with van der Waals surface area (Å²) in [6.07, 6.45) is 3.11. The standard InChI is InChI=1S/C12H18N2O4/c1-3-5-8-18-11(16)9-14-10(15)6-7-13(4-2)12(14)17/h6-7H,3-5,8-9H2,1-2H3. The Balaban J connectivity index is 2.81. The van der Waals surface area contributed by atoms with Crippen LogP contribution in [0.2, 0.25) is 0 Å². The van der Waals surface area contributed by atoms with Crippen molar-refractivity contribution < 1.29 is 9.53 Å². The molecule has 100 valence electrons. The van der Waals surface area contributed by atoms with Crippen LogP contribution in [0.25, 0.3) is 0 Å². The smallest absolute Gasteiger partial charge is 0.331 e. The van der Waals surface area contributed by atoms with Crippen molar-refractivity contribution in [3.63, 3.8) is 0 Å². The fraction of sp³-hybridized carbons (Fsp3) is 0.583. The topological polar surface area (TPSA) is 70.3 Å². The fourth-order valence-corrected chi connectivity index (χ4v) is 1.45. The van der Waals surface area contributed by atoms with E-state index >= 15 is 0 Å². The maximum atomic E-state index is 11.8. The van der Waals surface area contributed by atoms with Crippen LogP contribution >= 0.6 is 0 Å². The van der Waals surface area contributed by atoms with Gasteiger partial charge in [0.1, 0.15) is 6.54 Å². The van der Waals surface area contributed by atoms with E-state index in [-0.39, 0.29) is 6.54 Å². The molecule has 1 aromatic rings. The third kappa shape index (κ3) is 3.58. The minimum Gasteiger partial charge on any atom is -0.464 e. The predicted octanol–water partition coefficient (Wildman–Crippen LogP) is 0.373. The normalized spacial score (nSPS) is 10.3. The largest absolute Gasteiger partial charge is 0.464 e. The van der Waals surface area contributed by atoms with Crippen LogP contribution in [0, 0.1) is 0 Å². The van der Waals surface area contributed by atoms with Gasteiger partial charge in [-0.05, 0) is 13.3 Å². The van der Waals surface area contributed by atoms with Gasteiger partial charge in [-0.3, -0.25) is 9.59 Å². The molecule has 0 atom stereocenters. The predicted molar refractivity (Wildman–Crippen MR) is 66.5 cm³/mol. The number of hydrogen-bond acceptors (Lipinski definition) is 4. The summed E-state index contributed by atoms with van der Waals surface area (Å²) in [5.74, 6) is -0.559. The van der Waals surface area contributed by atoms with Crippen LogP contribution in [-0.2, 0) is 22.6 Å². The lowest BCUT2D eigenvalue weighted by atomic mass is 10.4. The van der Waals surface area contributed by atoms with Crippen molar-refractivity contribution in [3.05, 3.63) is 33.1 Å². The monoisotopic (exact) mass is 254 g/mol. The van der Waals surface area contributed by atoms with E-state index in [4.69, 9.17) is 4.74 Å². The van der Waals surface area contributed by atoms with E-state index in [2.05, 4.69) is 0 Å². The maximum absolute atomic E-state index is 11.8. The molecule has 0 N–H and O–H groups in total. The van der Waals surface area contributed by atoms with Crippen LogP contribution in [-0.4, -0.2) is 21.7 Å². The average Bonchev–Trinajstić information content (AvgIpc) is 2.35. The van der Waals surface area contributed by atoms with Gasteiger partial charge >= 0.3 is 11.7 Å². The van der Waals surface area contributed by atoms with Crippen LogP contribution in [0.3, 0.4) is 0 Å². The molecule has 0 fully saturated rings. The second-order valence-electron chi connectivity index (χ2n) is 3.88. The molecule has 0 aromatic carbocycles. The van der Waals surface area contributed by atoms with Gasteiger partial charge in [-0.15, -0.1) is 0 Å². The lowest BCUT2D eigenvalue weighted by molar-refractivity contribution is -0.144. The molecule has 6 heteroatoms. The molecule has 1 rings (SSSR count). The van der Waals surface area contributed by atoms with Gasteiger partial charge in [0.15, 0.2) is 0 Å². The van der Waals surface area contributed by atoms with Crippen LogP contribution in [0.5, 0.6) is 0 Å². The average molecular weight is 254 g/mol. The van der Waals surface area contributed by atoms with E-state index in [9.17, 15) is 14.4 Å². The molecule has 0 amide bonds. The first kappa shape index (κ1) is 14.2. The van der Waals surface area contributed by atoms with Crippen molar-refractivity contribution in [3.8, 4) is 0 Å². The zero-order chi connectivity index (χ0) is 13.5. The number of carbonyl (C=O) groups excluding carboxylic acids is 1. The van der Waals surface area contributed by atoms with E-state index in [1.807, 2.05) is 6.92 Å². The molecule has 0 unspecified atom stereocenters. The lowest BCUT2D eigenvalue weighted by Crippen LogP contribution is -2.40. The van der Waals surface area contributed by atoms with E-state index < -0.39 is 17.2 Å². The molecule has 0 aliphatic rings. The molecule has 1 heterocycles. The van der Waals surface area contributed by atoms with Crippen molar-refractivity contribution in [2.45, 2.75) is 39.8 Å². The number of esters is 1. The highest BCUT2D eigenvalue weighted by molar-refractivity contribution is 5.69. The molecular formula is C12H18N2O4. The molecule has 0 saturated heterocycles. The van der Waals surface area contributed by atoms with Gasteiger partial charge < -0.3 is 9.30 Å². The Labute approximate surface area is 105 Å². The van der Waals surface area contributed by atoms with Crippen molar-refractivity contribution >= 4 is 5.97 Å². The van der Waals surface area contributed by atoms with E-state index in [0.717, 1.165) is 17.4 Å². The maximum Gasteiger partial charge on any atom is 0.331 e. The first-order valence-electron chi connectivity index (χ1n) is 6.06. The highest BCUT2D eigenvalue weighted by Crippen LogP contribution is 1.90. The Kier molecular flexibility index (Phi) is 5.35. The summed E-state index contributed by atoms with van der Waals surface area (Å²) in [5.41, 5.74) is -0.977. The molecule has 0 spiro atoms. The number of ether oxygens (including phenoxy) is 1. The summed E-state index contributed by atoms with van der Waals surface area (Å²) in [4.78, 5) is 34.8. The van der Waals surface area contributed by atoms with Gasteiger partial charge in [0, 0.05) is 18.8 Å². The Hall–Kier alpha value is -1.85. The molecule has 0 aliphatic heterocycles. The first-order chi connectivity index (χ1) is 8.60. The van der Waals surface area contributed by atoms with Gasteiger partial charge in [0.05, 0.1) is 6.61 Å². The molecule has 0 bridgehead atoms. The summed E-state index contributed by atoms with van der Waals surface area (Å²) in [6, 6.07) is 1.27. The molecule has 1 aromatic heterocycles. The number of aromatic nitrogens is 2. The Bertz CT molecular complexity index is 516. The summed E-state index contributed by atoms with van der Waals surface area (Å²) in [6.45, 7) is 4.20. The number of rotatable bonds is 6. The van der Waals surface area contributed by atoms with E-state index in [1.54, 1.807) is 6.92 Å². The SMILES string of the molecule is CCCCOC(=O)Cn1c(=O)ccn(CC)c1=O. The highest BCUT2D eigenvalue weighted by Gasteiger charge is 2.10. The lowest BCUT2D eigenvalue weighted by Gasteiger charge is -2.08. The van der Waals surface area contributed by atoms with Crippen LogP contribution in [0.15, 0.2) is 21.9 Å². The van der Waals surface area contributed by atoms with Crippen LogP contribution in [0.1, 0.15) is 26.7 Å². The van der Waals surface area contributed by atoms with Crippen molar-refractivity contribution in [2.24, 2.45) is 0 Å². The zero-order valence-corrected chi connectivity index (χ0v) is 10.7. The number of carbonyl (C=O) groups is 1. The second kappa shape index (κ2) is 6.78. The second-order valence-corrected chi connectivity index (χ2v) is 3.88. The zero-order valence-electron chi connectivity index (χ0n) is 10.7. The van der Waals surface area contributed by atoms with Gasteiger partial charge in [0.25, 0.3) is 5.56 Å². The molecule has 18 heavy (non-hydrogen) atoms. The van der Waals surface area contributed by atoms with Gasteiger partial charge in [-0.2, -0.15) is 0 Å². The minimum atomic E-state index is -0.559. The number of hydrogen-bond donors (Lipinski definition) is 0. The quantitative estimate of drug-likeness (QED) is 0.543. The number of aryl methyl sites for hydroxylation is 1. The third-order valence-electron chi connectivity index (χ3n) is 2.53. The molecule has 0 saturated carbocycles. The summed E-state index contributed by atoms with van der Waals surface area (Å²) in [7, 11) is 0. The Morgan fingerprint density at radius 3 is 2.67 bits per heavy atom. The summed E-state index contributed by atoms with van der Waals surface area (Å²) < 4.78 is 7.17. The van der Waals surface area contributed by atoms with Gasteiger partial charge in [-0.25, -0.2) is 9.36 Å².